The van der Waals surface area contributed by atoms with Crippen molar-refractivity contribution < 1.29 is 0 Å². The van der Waals surface area contributed by atoms with E-state index in [1.165, 1.54) is 5.56 Å². The summed E-state index contributed by atoms with van der Waals surface area (Å²) in [6.07, 6.45) is 2.67. The van der Waals surface area contributed by atoms with Gasteiger partial charge in [0.05, 0.1) is 0 Å². The third kappa shape index (κ3) is 2.52. The summed E-state index contributed by atoms with van der Waals surface area (Å²) in [6.45, 7) is 6.04. The van der Waals surface area contributed by atoms with Crippen LogP contribution in [0.25, 0.3) is 5.65 Å². The van der Waals surface area contributed by atoms with Gasteiger partial charge >= 0.3 is 0 Å². The highest BCUT2D eigenvalue weighted by atomic mass is 35.5. The third-order valence-electron chi connectivity index (χ3n) is 2.68. The van der Waals surface area contributed by atoms with E-state index >= 15 is 0 Å². The molecule has 92 valence electrons. The topological polar surface area (TPSA) is 33.4 Å². The summed E-state index contributed by atoms with van der Waals surface area (Å²) in [7, 11) is 0. The van der Waals surface area contributed by atoms with Crippen molar-refractivity contribution in [1.29, 1.82) is 0 Å². The van der Waals surface area contributed by atoms with Gasteiger partial charge in [0.2, 0.25) is 0 Å². The zero-order valence-corrected chi connectivity index (χ0v) is 11.0. The fourth-order valence-corrected chi connectivity index (χ4v) is 2.18. The first-order chi connectivity index (χ1) is 8.26. The van der Waals surface area contributed by atoms with Crippen LogP contribution < -0.4 is 4.90 Å². The summed E-state index contributed by atoms with van der Waals surface area (Å²) in [5, 5.41) is 4.27. The van der Waals surface area contributed by atoms with E-state index in [1.54, 1.807) is 6.33 Å². The van der Waals surface area contributed by atoms with Crippen LogP contribution in [0.4, 0.5) is 5.82 Å². The van der Waals surface area contributed by atoms with Crippen LogP contribution in [-0.4, -0.2) is 33.6 Å². The summed E-state index contributed by atoms with van der Waals surface area (Å²) in [5.74, 6) is 1.68. The number of alkyl halides is 1. The van der Waals surface area contributed by atoms with Gasteiger partial charge in [0, 0.05) is 19.0 Å². The van der Waals surface area contributed by atoms with E-state index in [4.69, 9.17) is 11.6 Å². The summed E-state index contributed by atoms with van der Waals surface area (Å²) in [4.78, 5) is 6.49. The number of halogens is 1. The second kappa shape index (κ2) is 5.36. The van der Waals surface area contributed by atoms with Crippen molar-refractivity contribution in [3.8, 4) is 0 Å². The van der Waals surface area contributed by atoms with Gasteiger partial charge in [0.25, 0.3) is 0 Å². The average molecular weight is 253 g/mol. The maximum absolute atomic E-state index is 5.86. The van der Waals surface area contributed by atoms with Gasteiger partial charge in [-0.2, -0.15) is 9.61 Å². The molecular formula is C12H17ClN4. The van der Waals surface area contributed by atoms with Gasteiger partial charge in [-0.1, -0.05) is 6.92 Å². The zero-order chi connectivity index (χ0) is 12.3. The van der Waals surface area contributed by atoms with E-state index in [2.05, 4.69) is 34.9 Å². The van der Waals surface area contributed by atoms with Gasteiger partial charge in [-0.3, -0.25) is 0 Å². The van der Waals surface area contributed by atoms with Crippen LogP contribution >= 0.6 is 11.6 Å². The van der Waals surface area contributed by atoms with Crippen molar-refractivity contribution in [2.75, 3.05) is 23.9 Å². The van der Waals surface area contributed by atoms with Crippen LogP contribution in [0.1, 0.15) is 18.9 Å². The van der Waals surface area contributed by atoms with Gasteiger partial charge in [-0.15, -0.1) is 11.6 Å². The Morgan fingerprint density at radius 2 is 2.18 bits per heavy atom. The van der Waals surface area contributed by atoms with Crippen LogP contribution in [0.5, 0.6) is 0 Å². The Hall–Kier alpha value is -1.29. The molecule has 2 aromatic heterocycles. The van der Waals surface area contributed by atoms with Crippen LogP contribution in [-0.2, 0) is 0 Å². The smallest absolute Gasteiger partial charge is 0.157 e. The van der Waals surface area contributed by atoms with Crippen LogP contribution in [0.2, 0.25) is 0 Å². The fraction of sp³-hybridized carbons (Fsp3) is 0.500. The van der Waals surface area contributed by atoms with Crippen molar-refractivity contribution in [2.24, 2.45) is 0 Å². The lowest BCUT2D eigenvalue weighted by atomic mass is 10.2. The molecule has 0 aliphatic heterocycles. The van der Waals surface area contributed by atoms with Crippen LogP contribution in [0.15, 0.2) is 18.5 Å². The number of fused-ring (bicyclic) bond motifs is 1. The van der Waals surface area contributed by atoms with Gasteiger partial charge in [-0.25, -0.2) is 4.98 Å². The highest BCUT2D eigenvalue weighted by Crippen LogP contribution is 2.18. The Morgan fingerprint density at radius 1 is 1.35 bits per heavy atom. The second-order valence-electron chi connectivity index (χ2n) is 4.10. The highest BCUT2D eigenvalue weighted by molar-refractivity contribution is 6.18. The molecule has 0 fully saturated rings. The molecule has 2 aromatic rings. The maximum atomic E-state index is 5.86. The quantitative estimate of drug-likeness (QED) is 0.767. The first-order valence-corrected chi connectivity index (χ1v) is 6.41. The van der Waals surface area contributed by atoms with Crippen molar-refractivity contribution in [3.63, 3.8) is 0 Å². The number of pyridine rings is 1. The maximum Gasteiger partial charge on any atom is 0.157 e. The lowest BCUT2D eigenvalue weighted by Gasteiger charge is -2.23. The van der Waals surface area contributed by atoms with Crippen molar-refractivity contribution >= 4 is 23.1 Å². The monoisotopic (exact) mass is 252 g/mol. The minimum Gasteiger partial charge on any atom is -0.355 e. The molecule has 0 radical (unpaired) electrons. The third-order valence-corrected chi connectivity index (χ3v) is 2.85. The van der Waals surface area contributed by atoms with Crippen LogP contribution in [0.3, 0.4) is 0 Å². The summed E-state index contributed by atoms with van der Waals surface area (Å²) >= 11 is 5.86. The second-order valence-corrected chi connectivity index (χ2v) is 4.47. The van der Waals surface area contributed by atoms with E-state index in [1.807, 2.05) is 10.6 Å². The summed E-state index contributed by atoms with van der Waals surface area (Å²) < 4.78 is 1.87. The van der Waals surface area contributed by atoms with Crippen LogP contribution in [0, 0.1) is 6.92 Å². The molecule has 0 saturated heterocycles. The van der Waals surface area contributed by atoms with Gasteiger partial charge in [0.15, 0.2) is 5.65 Å². The van der Waals surface area contributed by atoms with Gasteiger partial charge < -0.3 is 4.90 Å². The molecular weight excluding hydrogens is 236 g/mol. The van der Waals surface area contributed by atoms with Crippen molar-refractivity contribution in [2.45, 2.75) is 20.3 Å². The molecule has 0 atom stereocenters. The number of anilines is 1. The van der Waals surface area contributed by atoms with Crippen molar-refractivity contribution in [1.82, 2.24) is 14.6 Å². The molecule has 0 aliphatic carbocycles. The summed E-state index contributed by atoms with van der Waals surface area (Å²) in [5.41, 5.74) is 2.08. The first kappa shape index (κ1) is 12.2. The Labute approximate surface area is 106 Å². The Bertz CT molecular complexity index is 488. The van der Waals surface area contributed by atoms with E-state index in [0.717, 1.165) is 31.0 Å². The SMILES string of the molecule is CCCN(CCCl)c1cc(C)cc2ncnn12. The predicted molar refractivity (Wildman–Crippen MR) is 70.9 cm³/mol. The molecule has 0 aliphatic rings. The zero-order valence-electron chi connectivity index (χ0n) is 10.2. The van der Waals surface area contributed by atoms with E-state index < -0.39 is 0 Å². The minimum atomic E-state index is 0.615. The molecule has 0 amide bonds. The van der Waals surface area contributed by atoms with Gasteiger partial charge in [-0.05, 0) is 31.0 Å². The lowest BCUT2D eigenvalue weighted by molar-refractivity contribution is 0.757. The van der Waals surface area contributed by atoms with Crippen molar-refractivity contribution in [3.05, 3.63) is 24.0 Å². The predicted octanol–water partition coefficient (Wildman–Crippen LogP) is 2.49. The number of hydrogen-bond acceptors (Lipinski definition) is 3. The van der Waals surface area contributed by atoms with E-state index in [9.17, 15) is 0 Å². The molecule has 0 bridgehead atoms. The van der Waals surface area contributed by atoms with Gasteiger partial charge in [0.1, 0.15) is 12.1 Å². The largest absolute Gasteiger partial charge is 0.355 e. The Morgan fingerprint density at radius 3 is 2.88 bits per heavy atom. The number of aromatic nitrogens is 3. The lowest BCUT2D eigenvalue weighted by Crippen LogP contribution is -2.28. The number of aryl methyl sites for hydroxylation is 1. The molecule has 0 unspecified atom stereocenters. The number of nitrogens with zero attached hydrogens (tertiary/aromatic N) is 4. The molecule has 5 heteroatoms. The molecule has 0 aromatic carbocycles. The fourth-order valence-electron chi connectivity index (χ4n) is 1.97. The molecule has 2 heterocycles. The molecule has 0 N–H and O–H groups in total. The molecule has 4 nitrogen and oxygen atoms in total. The molecule has 0 spiro atoms. The Kier molecular flexibility index (Phi) is 3.84. The standard InChI is InChI=1S/C12H17ClN4/c1-3-5-16(6-4-13)12-8-10(2)7-11-14-9-15-17(11)12/h7-9H,3-6H2,1-2H3. The first-order valence-electron chi connectivity index (χ1n) is 5.87. The summed E-state index contributed by atoms with van der Waals surface area (Å²) in [6, 6.07) is 4.16. The number of hydrogen-bond donors (Lipinski definition) is 0. The average Bonchev–Trinajstić information content (AvgIpc) is 2.75. The normalized spacial score (nSPS) is 11.0. The molecule has 2 rings (SSSR count). The minimum absolute atomic E-state index is 0.615. The van der Waals surface area contributed by atoms with E-state index in [0.29, 0.717) is 5.88 Å². The highest BCUT2D eigenvalue weighted by Gasteiger charge is 2.11. The number of rotatable bonds is 5. The molecule has 0 saturated carbocycles. The molecule has 17 heavy (non-hydrogen) atoms. The van der Waals surface area contributed by atoms with E-state index in [-0.39, 0.29) is 0 Å². The Balaban J connectivity index is 2.46.